The molecule has 1 saturated carbocycles. The number of carbonyl (C=O) groups is 1. The van der Waals surface area contributed by atoms with Crippen LogP contribution in [0.3, 0.4) is 0 Å². The number of nitrogens with two attached hydrogens (primary N) is 1. The highest BCUT2D eigenvalue weighted by atomic mass is 35.5. The highest BCUT2D eigenvalue weighted by Gasteiger charge is 2.47. The van der Waals surface area contributed by atoms with Crippen molar-refractivity contribution in [3.05, 3.63) is 65.9 Å². The molecule has 3 aliphatic carbocycles. The highest BCUT2D eigenvalue weighted by molar-refractivity contribution is 6.34. The van der Waals surface area contributed by atoms with Crippen LogP contribution in [0.5, 0.6) is 0 Å². The Balaban J connectivity index is 1.37. The molecule has 0 aliphatic heterocycles. The van der Waals surface area contributed by atoms with Crippen LogP contribution in [-0.2, 0) is 4.79 Å². The second kappa shape index (κ2) is 7.34. The first-order valence-electron chi connectivity index (χ1n) is 10.7. The summed E-state index contributed by atoms with van der Waals surface area (Å²) in [4.78, 5) is 24.7. The Morgan fingerprint density at radius 1 is 1.31 bits per heavy atom. The number of hydrogen-bond acceptors (Lipinski definition) is 5. The van der Waals surface area contributed by atoms with Gasteiger partial charge < -0.3 is 16.0 Å². The number of hydrogen-bond donors (Lipinski definition) is 3. The van der Waals surface area contributed by atoms with Crippen molar-refractivity contribution in [2.75, 3.05) is 5.32 Å². The number of carbonyl (C=O) groups excluding carboxylic acids is 1. The Kier molecular flexibility index (Phi) is 4.43. The van der Waals surface area contributed by atoms with Gasteiger partial charge in [-0.2, -0.15) is 5.10 Å². The van der Waals surface area contributed by atoms with Gasteiger partial charge in [0.1, 0.15) is 11.3 Å². The van der Waals surface area contributed by atoms with E-state index in [0.29, 0.717) is 22.2 Å². The van der Waals surface area contributed by atoms with Gasteiger partial charge in [-0.3, -0.25) is 9.48 Å². The van der Waals surface area contributed by atoms with Crippen LogP contribution in [0.25, 0.3) is 16.7 Å². The topological polar surface area (TPSA) is 115 Å². The molecule has 0 saturated heterocycles. The van der Waals surface area contributed by atoms with E-state index in [1.54, 1.807) is 12.4 Å². The summed E-state index contributed by atoms with van der Waals surface area (Å²) in [7, 11) is 0. The number of anilines is 1. The second-order valence-electron chi connectivity index (χ2n) is 8.63. The molecule has 162 valence electrons. The number of aromatic nitrogens is 5. The smallest absolute Gasteiger partial charge is 0.223 e. The molecule has 4 N–H and O–H groups in total. The zero-order valence-electron chi connectivity index (χ0n) is 17.1. The van der Waals surface area contributed by atoms with Gasteiger partial charge in [-0.1, -0.05) is 35.9 Å². The van der Waals surface area contributed by atoms with Gasteiger partial charge in [-0.15, -0.1) is 0 Å². The number of pyridine rings is 1. The quantitative estimate of drug-likeness (QED) is 0.518. The predicted molar refractivity (Wildman–Crippen MR) is 123 cm³/mol. The molecule has 32 heavy (non-hydrogen) atoms. The Labute approximate surface area is 189 Å². The minimum Gasteiger partial charge on any atom is -0.378 e. The summed E-state index contributed by atoms with van der Waals surface area (Å²) in [6, 6.07) is 1.95. The molecule has 3 aromatic rings. The number of halogens is 1. The lowest BCUT2D eigenvalue weighted by molar-refractivity contribution is -0.122. The summed E-state index contributed by atoms with van der Waals surface area (Å²) in [6.07, 6.45) is 17.7. The molecule has 5 atom stereocenters. The maximum absolute atomic E-state index is 12.1. The average molecular weight is 448 g/mol. The molecule has 9 heteroatoms. The Bertz CT molecular complexity index is 1290. The average Bonchev–Trinajstić information content (AvgIpc) is 3.58. The zero-order chi connectivity index (χ0) is 21.8. The Hall–Kier alpha value is -3.39. The molecule has 3 aromatic heterocycles. The van der Waals surface area contributed by atoms with Gasteiger partial charge >= 0.3 is 0 Å². The fourth-order valence-electron chi connectivity index (χ4n) is 5.27. The number of rotatable bonds is 5. The molecule has 3 aliphatic rings. The van der Waals surface area contributed by atoms with E-state index < -0.39 is 0 Å². The van der Waals surface area contributed by atoms with Gasteiger partial charge in [0.25, 0.3) is 0 Å². The largest absolute Gasteiger partial charge is 0.378 e. The van der Waals surface area contributed by atoms with Crippen LogP contribution in [-0.4, -0.2) is 36.7 Å². The van der Waals surface area contributed by atoms with Crippen LogP contribution in [0.4, 0.5) is 5.69 Å². The van der Waals surface area contributed by atoms with Crippen LogP contribution in [0.1, 0.15) is 24.7 Å². The van der Waals surface area contributed by atoms with Gasteiger partial charge in [-0.05, 0) is 36.8 Å². The van der Waals surface area contributed by atoms with Crippen molar-refractivity contribution in [2.24, 2.45) is 23.5 Å². The van der Waals surface area contributed by atoms with Crippen molar-refractivity contribution in [3.8, 4) is 0 Å². The molecule has 3 heterocycles. The number of aromatic amines is 1. The van der Waals surface area contributed by atoms with E-state index >= 15 is 0 Å². The molecule has 5 unspecified atom stereocenters. The Morgan fingerprint density at radius 3 is 3.00 bits per heavy atom. The second-order valence-corrected chi connectivity index (χ2v) is 9.03. The van der Waals surface area contributed by atoms with Crippen LogP contribution in [0.15, 0.2) is 55.0 Å². The first-order valence-corrected chi connectivity index (χ1v) is 11.1. The number of primary amides is 1. The monoisotopic (exact) mass is 447 g/mol. The van der Waals surface area contributed by atoms with Crippen LogP contribution < -0.4 is 11.1 Å². The number of allylic oxidation sites excluding steroid dienone is 5. The van der Waals surface area contributed by atoms with Gasteiger partial charge in [0, 0.05) is 24.0 Å². The minimum absolute atomic E-state index is 0.102. The summed E-state index contributed by atoms with van der Waals surface area (Å²) >= 11 is 6.55. The van der Waals surface area contributed by atoms with Gasteiger partial charge in [0.2, 0.25) is 5.91 Å². The van der Waals surface area contributed by atoms with Crippen LogP contribution in [0.2, 0.25) is 5.02 Å². The number of nitrogens with zero attached hydrogens (tertiary/aromatic N) is 4. The number of nitrogens with one attached hydrogen (secondary N) is 2. The van der Waals surface area contributed by atoms with Crippen LogP contribution in [0, 0.1) is 17.8 Å². The number of amides is 1. The van der Waals surface area contributed by atoms with Crippen molar-refractivity contribution < 1.29 is 4.79 Å². The van der Waals surface area contributed by atoms with E-state index in [2.05, 4.69) is 50.8 Å². The highest BCUT2D eigenvalue weighted by Crippen LogP contribution is 2.46. The van der Waals surface area contributed by atoms with E-state index in [9.17, 15) is 4.79 Å². The summed E-state index contributed by atoms with van der Waals surface area (Å²) in [5, 5.41) is 8.35. The molecule has 1 fully saturated rings. The van der Waals surface area contributed by atoms with Gasteiger partial charge in [-0.25, -0.2) is 9.97 Å². The van der Waals surface area contributed by atoms with E-state index in [0.717, 1.165) is 23.9 Å². The third-order valence-electron chi connectivity index (χ3n) is 6.76. The molecule has 2 bridgehead atoms. The standard InChI is InChI=1S/C23H22ClN7O/c24-16-11-26-23-20(19(16)28-18-13-6-5-12(9-13)17(18)21(25)32)29-22(30-23)14-3-1-4-15(10-14)31-8-2-7-27-31/h1-3,5-8,10-13,15,17-18H,4,9H2,(H2,25,32)(H2,26,28,29,30). The van der Waals surface area contributed by atoms with E-state index in [4.69, 9.17) is 22.3 Å². The van der Waals surface area contributed by atoms with Gasteiger partial charge in [0.05, 0.1) is 28.9 Å². The molecule has 0 aromatic carbocycles. The fraction of sp³-hybridized carbons (Fsp3) is 0.304. The zero-order valence-corrected chi connectivity index (χ0v) is 17.9. The molecule has 6 rings (SSSR count). The van der Waals surface area contributed by atoms with E-state index in [-0.39, 0.29) is 35.7 Å². The molecule has 0 spiro atoms. The molecular formula is C23H22ClN7O. The van der Waals surface area contributed by atoms with E-state index in [1.165, 1.54) is 0 Å². The third kappa shape index (κ3) is 3.05. The molecule has 1 amide bonds. The lowest BCUT2D eigenvalue weighted by Gasteiger charge is -2.28. The number of imidazole rings is 1. The first kappa shape index (κ1) is 19.3. The summed E-state index contributed by atoms with van der Waals surface area (Å²) < 4.78 is 1.93. The minimum atomic E-state index is -0.284. The normalized spacial score (nSPS) is 28.4. The van der Waals surface area contributed by atoms with Gasteiger partial charge in [0.15, 0.2) is 5.65 Å². The summed E-state index contributed by atoms with van der Waals surface area (Å²) in [5.74, 6) is 0.599. The number of fused-ring (bicyclic) bond motifs is 3. The lowest BCUT2D eigenvalue weighted by atomic mass is 9.88. The summed E-state index contributed by atoms with van der Waals surface area (Å²) in [5.41, 5.74) is 8.69. The van der Waals surface area contributed by atoms with Crippen molar-refractivity contribution in [3.63, 3.8) is 0 Å². The van der Waals surface area contributed by atoms with Crippen LogP contribution >= 0.6 is 11.6 Å². The Morgan fingerprint density at radius 2 is 2.19 bits per heavy atom. The predicted octanol–water partition coefficient (Wildman–Crippen LogP) is 3.48. The third-order valence-corrected chi connectivity index (χ3v) is 7.04. The number of H-pyrrole nitrogens is 1. The SMILES string of the molecule is NC(=O)C1C2C=CC(C2)C1Nc1c(Cl)cnc2nc(C3=CC(n4cccn4)CC=C3)[nH]c12. The summed E-state index contributed by atoms with van der Waals surface area (Å²) in [6.45, 7) is 0. The fourth-order valence-corrected chi connectivity index (χ4v) is 5.47. The van der Waals surface area contributed by atoms with Crippen molar-refractivity contribution in [1.29, 1.82) is 0 Å². The van der Waals surface area contributed by atoms with Crippen molar-refractivity contribution in [1.82, 2.24) is 24.7 Å². The van der Waals surface area contributed by atoms with Crippen molar-refractivity contribution in [2.45, 2.75) is 24.9 Å². The molecule has 8 nitrogen and oxygen atoms in total. The lowest BCUT2D eigenvalue weighted by Crippen LogP contribution is -2.41. The molecular weight excluding hydrogens is 426 g/mol. The first-order chi connectivity index (χ1) is 15.6. The van der Waals surface area contributed by atoms with E-state index in [1.807, 2.05) is 16.9 Å². The maximum Gasteiger partial charge on any atom is 0.223 e. The maximum atomic E-state index is 12.1. The molecule has 0 radical (unpaired) electrons. The van der Waals surface area contributed by atoms with Crippen molar-refractivity contribution >= 4 is 39.9 Å².